The smallest absolute Gasteiger partial charge is 0.237 e. The molecule has 0 spiro atoms. The van der Waals surface area contributed by atoms with Crippen LogP contribution in [0.5, 0.6) is 0 Å². The lowest BCUT2D eigenvalue weighted by Gasteiger charge is -2.15. The first-order valence-corrected chi connectivity index (χ1v) is 11.1. The number of carbonyl (C=O) groups is 1. The number of anilines is 1. The fourth-order valence-electron chi connectivity index (χ4n) is 3.30. The van der Waals surface area contributed by atoms with Crippen molar-refractivity contribution in [1.29, 1.82) is 0 Å². The number of nitrogens with zero attached hydrogens (tertiary/aromatic N) is 3. The zero-order valence-corrected chi connectivity index (χ0v) is 18.3. The van der Waals surface area contributed by atoms with Crippen molar-refractivity contribution in [1.82, 2.24) is 14.8 Å². The number of rotatable bonds is 7. The Labute approximate surface area is 186 Å². The summed E-state index contributed by atoms with van der Waals surface area (Å²) in [6, 6.07) is 28.1. The van der Waals surface area contributed by atoms with Gasteiger partial charge in [-0.2, -0.15) is 0 Å². The molecule has 0 unspecified atom stereocenters. The van der Waals surface area contributed by atoms with E-state index in [1.54, 1.807) is 0 Å². The molecule has 6 heteroatoms. The molecule has 4 rings (SSSR count). The molecule has 156 valence electrons. The van der Waals surface area contributed by atoms with Gasteiger partial charge in [-0.1, -0.05) is 90.6 Å². The maximum atomic E-state index is 13.0. The van der Waals surface area contributed by atoms with Gasteiger partial charge in [-0.15, -0.1) is 10.2 Å². The minimum absolute atomic E-state index is 0.0692. The highest BCUT2D eigenvalue weighted by Crippen LogP contribution is 2.29. The van der Waals surface area contributed by atoms with Gasteiger partial charge < -0.3 is 9.88 Å². The molecule has 0 aliphatic rings. The van der Waals surface area contributed by atoms with Crippen LogP contribution in [0.3, 0.4) is 0 Å². The monoisotopic (exact) mass is 428 g/mol. The van der Waals surface area contributed by atoms with Gasteiger partial charge in [-0.3, -0.25) is 4.79 Å². The van der Waals surface area contributed by atoms with E-state index in [-0.39, 0.29) is 11.2 Å². The van der Waals surface area contributed by atoms with E-state index in [0.29, 0.717) is 6.54 Å². The van der Waals surface area contributed by atoms with Crippen LogP contribution < -0.4 is 5.32 Å². The van der Waals surface area contributed by atoms with Gasteiger partial charge in [-0.25, -0.2) is 0 Å². The molecule has 3 aromatic carbocycles. The Morgan fingerprint density at radius 2 is 1.58 bits per heavy atom. The number of thioether (sulfide) groups is 1. The van der Waals surface area contributed by atoms with Crippen LogP contribution in [0.25, 0.3) is 11.1 Å². The molecular formula is C25H24N4OS. The number of nitrogens with one attached hydrogen (secondary N) is 1. The Morgan fingerprint density at radius 1 is 0.935 bits per heavy atom. The van der Waals surface area contributed by atoms with Crippen molar-refractivity contribution < 1.29 is 4.79 Å². The quantitative estimate of drug-likeness (QED) is 0.399. The Hall–Kier alpha value is -3.38. The van der Waals surface area contributed by atoms with Crippen molar-refractivity contribution in [2.75, 3.05) is 5.32 Å². The number of hydrogen-bond donors (Lipinski definition) is 1. The Morgan fingerprint density at radius 3 is 2.32 bits per heavy atom. The van der Waals surface area contributed by atoms with Gasteiger partial charge in [-0.05, 0) is 31.0 Å². The highest BCUT2D eigenvalue weighted by molar-refractivity contribution is 8.00. The van der Waals surface area contributed by atoms with Crippen LogP contribution in [0, 0.1) is 6.92 Å². The number of benzene rings is 3. The van der Waals surface area contributed by atoms with Crippen LogP contribution in [0.4, 0.5) is 5.69 Å². The van der Waals surface area contributed by atoms with Crippen LogP contribution in [0.1, 0.15) is 18.3 Å². The normalized spacial score (nSPS) is 11.8. The summed E-state index contributed by atoms with van der Waals surface area (Å²) in [5.74, 6) is 0.758. The number of amides is 1. The average Bonchev–Trinajstić information content (AvgIpc) is 3.14. The molecule has 0 aliphatic heterocycles. The molecule has 1 atom stereocenters. The third-order valence-corrected chi connectivity index (χ3v) is 6.09. The van der Waals surface area contributed by atoms with E-state index in [1.807, 2.05) is 91.2 Å². The summed E-state index contributed by atoms with van der Waals surface area (Å²) in [5.41, 5.74) is 4.03. The van der Waals surface area contributed by atoms with E-state index in [4.69, 9.17) is 0 Å². The van der Waals surface area contributed by atoms with Crippen LogP contribution in [0.2, 0.25) is 0 Å². The van der Waals surface area contributed by atoms with Gasteiger partial charge in [0.15, 0.2) is 5.16 Å². The molecule has 5 nitrogen and oxygen atoms in total. The minimum atomic E-state index is -0.332. The molecule has 0 aliphatic carbocycles. The van der Waals surface area contributed by atoms with Crippen molar-refractivity contribution in [2.24, 2.45) is 0 Å². The first-order chi connectivity index (χ1) is 15.1. The highest BCUT2D eigenvalue weighted by Gasteiger charge is 2.20. The first kappa shape index (κ1) is 20.9. The van der Waals surface area contributed by atoms with Gasteiger partial charge >= 0.3 is 0 Å². The summed E-state index contributed by atoms with van der Waals surface area (Å²) in [5, 5.41) is 12.0. The van der Waals surface area contributed by atoms with Crippen LogP contribution in [-0.4, -0.2) is 25.9 Å². The van der Waals surface area contributed by atoms with Crippen LogP contribution >= 0.6 is 11.8 Å². The maximum absolute atomic E-state index is 13.0. The zero-order valence-electron chi connectivity index (χ0n) is 17.5. The largest absolute Gasteiger partial charge is 0.325 e. The van der Waals surface area contributed by atoms with Crippen molar-refractivity contribution >= 4 is 23.4 Å². The van der Waals surface area contributed by atoms with Gasteiger partial charge in [0.25, 0.3) is 0 Å². The SMILES string of the molecule is Cc1nnc(S[C@@H](C)C(=O)Nc2ccccc2-c2ccccc2)n1Cc1ccccc1. The number of aromatic nitrogens is 3. The van der Waals surface area contributed by atoms with E-state index in [2.05, 4.69) is 27.6 Å². The Balaban J connectivity index is 1.49. The molecule has 0 radical (unpaired) electrons. The third-order valence-electron chi connectivity index (χ3n) is 5.01. The molecule has 1 N–H and O–H groups in total. The second-order valence-corrected chi connectivity index (χ2v) is 8.57. The lowest BCUT2D eigenvalue weighted by Crippen LogP contribution is -2.23. The maximum Gasteiger partial charge on any atom is 0.237 e. The Bertz CT molecular complexity index is 1160. The number of hydrogen-bond acceptors (Lipinski definition) is 4. The number of para-hydroxylation sites is 1. The Kier molecular flexibility index (Phi) is 6.48. The zero-order chi connectivity index (χ0) is 21.6. The predicted molar refractivity (Wildman–Crippen MR) is 126 cm³/mol. The summed E-state index contributed by atoms with van der Waals surface area (Å²) in [6.07, 6.45) is 0. The summed E-state index contributed by atoms with van der Waals surface area (Å²) < 4.78 is 2.04. The molecule has 4 aromatic rings. The second kappa shape index (κ2) is 9.62. The molecule has 1 amide bonds. The highest BCUT2D eigenvalue weighted by atomic mass is 32.2. The van der Waals surface area contributed by atoms with Crippen molar-refractivity contribution in [3.63, 3.8) is 0 Å². The lowest BCUT2D eigenvalue weighted by molar-refractivity contribution is -0.115. The minimum Gasteiger partial charge on any atom is -0.325 e. The lowest BCUT2D eigenvalue weighted by atomic mass is 10.0. The van der Waals surface area contributed by atoms with E-state index in [9.17, 15) is 4.79 Å². The molecule has 0 saturated carbocycles. The van der Waals surface area contributed by atoms with Crippen molar-refractivity contribution in [3.05, 3.63) is 96.3 Å². The molecule has 31 heavy (non-hydrogen) atoms. The van der Waals surface area contributed by atoms with E-state index in [1.165, 1.54) is 17.3 Å². The standard InChI is InChI=1S/C25H24N4OS/c1-18(31-25-28-27-19(2)29(25)17-20-11-5-3-6-12-20)24(30)26-23-16-10-9-15-22(23)21-13-7-4-8-14-21/h3-16,18H,17H2,1-2H3,(H,26,30)/t18-/m0/s1. The summed E-state index contributed by atoms with van der Waals surface area (Å²) >= 11 is 1.42. The molecule has 1 heterocycles. The summed E-state index contributed by atoms with van der Waals surface area (Å²) in [7, 11) is 0. The summed E-state index contributed by atoms with van der Waals surface area (Å²) in [4.78, 5) is 13.0. The molecule has 1 aromatic heterocycles. The molecule has 0 fully saturated rings. The number of carbonyl (C=O) groups excluding carboxylic acids is 1. The second-order valence-electron chi connectivity index (χ2n) is 7.26. The molecule has 0 bridgehead atoms. The van der Waals surface area contributed by atoms with Gasteiger partial charge in [0.1, 0.15) is 5.82 Å². The third kappa shape index (κ3) is 5.03. The van der Waals surface area contributed by atoms with E-state index < -0.39 is 0 Å². The fraction of sp³-hybridized carbons (Fsp3) is 0.160. The van der Waals surface area contributed by atoms with Crippen LogP contribution in [-0.2, 0) is 11.3 Å². The van der Waals surface area contributed by atoms with Crippen molar-refractivity contribution in [3.8, 4) is 11.1 Å². The molecular weight excluding hydrogens is 404 g/mol. The van der Waals surface area contributed by atoms with Gasteiger partial charge in [0, 0.05) is 11.3 Å². The van der Waals surface area contributed by atoms with Crippen molar-refractivity contribution in [2.45, 2.75) is 30.8 Å². The van der Waals surface area contributed by atoms with E-state index in [0.717, 1.165) is 27.8 Å². The van der Waals surface area contributed by atoms with Gasteiger partial charge in [0.2, 0.25) is 5.91 Å². The summed E-state index contributed by atoms with van der Waals surface area (Å²) in [6.45, 7) is 4.50. The molecule has 0 saturated heterocycles. The first-order valence-electron chi connectivity index (χ1n) is 10.2. The van der Waals surface area contributed by atoms with E-state index >= 15 is 0 Å². The van der Waals surface area contributed by atoms with Gasteiger partial charge in [0.05, 0.1) is 11.8 Å². The predicted octanol–water partition coefficient (Wildman–Crippen LogP) is 5.42. The van der Waals surface area contributed by atoms with Crippen LogP contribution in [0.15, 0.2) is 90.1 Å². The topological polar surface area (TPSA) is 59.8 Å². The fourth-order valence-corrected chi connectivity index (χ4v) is 4.20. The average molecular weight is 429 g/mol. The number of aryl methyl sites for hydroxylation is 1.